The summed E-state index contributed by atoms with van der Waals surface area (Å²) in [6.45, 7) is 0.0282. The number of phenols is 1. The van der Waals surface area contributed by atoms with Gasteiger partial charge in [-0.2, -0.15) is 0 Å². The Labute approximate surface area is 218 Å². The maximum absolute atomic E-state index is 11.3. The van der Waals surface area contributed by atoms with Gasteiger partial charge in [0.25, 0.3) is 0 Å². The number of esters is 2. The average molecular weight is 565 g/mol. The molecule has 0 aliphatic heterocycles. The molecule has 0 saturated carbocycles. The van der Waals surface area contributed by atoms with Crippen molar-refractivity contribution in [3.63, 3.8) is 0 Å². The van der Waals surface area contributed by atoms with Crippen LogP contribution in [0.1, 0.15) is 17.5 Å². The van der Waals surface area contributed by atoms with E-state index < -0.39 is 29.9 Å². The van der Waals surface area contributed by atoms with Crippen LogP contribution in [0, 0.1) is 0 Å². The number of rotatable bonds is 9. The first-order valence-corrected chi connectivity index (χ1v) is 11.4. The van der Waals surface area contributed by atoms with Gasteiger partial charge in [-0.05, 0) is 36.1 Å². The Bertz CT molecular complexity index is 946. The molecule has 12 nitrogen and oxygen atoms in total. The van der Waals surface area contributed by atoms with Crippen molar-refractivity contribution in [1.29, 1.82) is 0 Å². The number of phenolic OH excluding ortho intramolecular Hbond substituents is 1. The number of benzene rings is 2. The summed E-state index contributed by atoms with van der Waals surface area (Å²) in [4.78, 5) is 42.8. The van der Waals surface area contributed by atoms with Gasteiger partial charge in [0, 0.05) is 0 Å². The number of carbonyl (C=O) groups is 4. The van der Waals surface area contributed by atoms with Gasteiger partial charge in [-0.1, -0.05) is 42.5 Å². The molecule has 2 atom stereocenters. The molecule has 2 rings (SSSR count). The number of carbonyl (C=O) groups excluding carboxylic acids is 4. The maximum atomic E-state index is 11.3. The normalized spacial score (nSPS) is 11.4. The summed E-state index contributed by atoms with van der Waals surface area (Å²) in [5, 5.41) is 8.98. The van der Waals surface area contributed by atoms with E-state index in [1.807, 2.05) is 30.3 Å². The van der Waals surface area contributed by atoms with E-state index in [1.165, 1.54) is 0 Å². The van der Waals surface area contributed by atoms with Crippen LogP contribution in [0.4, 0.5) is 0 Å². The Balaban J connectivity index is 0.000000550. The molecule has 0 aliphatic rings. The van der Waals surface area contributed by atoms with Crippen LogP contribution in [0.5, 0.6) is 5.75 Å². The van der Waals surface area contributed by atoms with Crippen LogP contribution in [0.15, 0.2) is 54.6 Å². The third-order valence-electron chi connectivity index (χ3n) is 4.19. The Kier molecular flexibility index (Phi) is 17.2. The summed E-state index contributed by atoms with van der Waals surface area (Å²) in [7, 11) is 0. The van der Waals surface area contributed by atoms with E-state index >= 15 is 0 Å². The van der Waals surface area contributed by atoms with Gasteiger partial charge in [-0.15, -0.1) is 0 Å². The van der Waals surface area contributed by atoms with Crippen LogP contribution in [-0.4, -0.2) is 71.3 Å². The summed E-state index contributed by atoms with van der Waals surface area (Å²) in [6, 6.07) is 14.2. The molecule has 0 fully saturated rings. The van der Waals surface area contributed by atoms with Gasteiger partial charge >= 0.3 is 62.3 Å². The number of hydrogen-bond donors (Lipinski definition) is 6. The van der Waals surface area contributed by atoms with Gasteiger partial charge in [0.05, 0.1) is 12.6 Å². The van der Waals surface area contributed by atoms with Crippen molar-refractivity contribution in [1.82, 2.24) is 0 Å². The zero-order valence-corrected chi connectivity index (χ0v) is 21.5. The van der Waals surface area contributed by atoms with Crippen LogP contribution >= 0.6 is 0 Å². The van der Waals surface area contributed by atoms with Crippen LogP contribution < -0.4 is 28.7 Å². The molecule has 1 amide bonds. The Morgan fingerprint density at radius 1 is 0.833 bits per heavy atom. The number of nitrogens with two attached hydrogens (primary N) is 5. The molecule has 0 aromatic heterocycles. The van der Waals surface area contributed by atoms with Crippen LogP contribution in [-0.2, 0) is 40.5 Å². The topological polar surface area (TPSA) is 237 Å². The molecular weight excluding hydrogens is 533 g/mol. The summed E-state index contributed by atoms with van der Waals surface area (Å²) < 4.78 is 8.61. The minimum absolute atomic E-state index is 0.191. The number of hydrogen-bond acceptors (Lipinski definition) is 11. The van der Waals surface area contributed by atoms with Gasteiger partial charge in [-0.25, -0.2) is 4.79 Å². The molecule has 0 spiro atoms. The monoisotopic (exact) mass is 565 g/mol. The van der Waals surface area contributed by atoms with Gasteiger partial charge < -0.3 is 32.8 Å². The van der Waals surface area contributed by atoms with Gasteiger partial charge in [0.2, 0.25) is 5.91 Å². The summed E-state index contributed by atoms with van der Waals surface area (Å²) in [6.07, 6.45) is 1.03. The van der Waals surface area contributed by atoms with Gasteiger partial charge in [-0.3, -0.25) is 9.59 Å². The van der Waals surface area contributed by atoms with Gasteiger partial charge in [0.15, 0.2) is 0 Å². The Hall–Kier alpha value is -3.28. The molecule has 0 saturated heterocycles. The molecule has 2 radical (unpaired) electrons. The Morgan fingerprint density at radius 3 is 1.81 bits per heavy atom. The summed E-state index contributed by atoms with van der Waals surface area (Å²) >= 11 is 1.73. The first-order valence-electron chi connectivity index (χ1n) is 10.6. The standard InChI is InChI=1S/C11H14N2O3.C9H12N2O2.C3H6AsNO2/c12-7-10(14)16-11(15)9(13)6-8-4-2-1-3-5-8;10-8(9(11)13)5-6-1-3-7(12)4-2-6;4-7-3(6)1-2-5/h1-5,9H,6-7,12-13H2;1-4,8,12H,5,10H2,(H2,11,13);1-2,5H2/t9-;8-;/m01./s1. The fraction of sp³-hybridized carbons (Fsp3) is 0.304. The van der Waals surface area contributed by atoms with E-state index in [0.29, 0.717) is 25.8 Å². The number of primary amides is 1. The minimum atomic E-state index is -0.849. The van der Waals surface area contributed by atoms with E-state index in [0.717, 1.165) is 11.1 Å². The van der Waals surface area contributed by atoms with Crippen molar-refractivity contribution < 1.29 is 32.7 Å². The third-order valence-corrected chi connectivity index (χ3v) is 4.62. The van der Waals surface area contributed by atoms with Crippen molar-refractivity contribution >= 4 is 41.0 Å². The van der Waals surface area contributed by atoms with E-state index in [-0.39, 0.29) is 18.3 Å². The predicted octanol–water partition coefficient (Wildman–Crippen LogP) is -1.71. The van der Waals surface area contributed by atoms with Crippen molar-refractivity contribution in [2.45, 2.75) is 31.3 Å². The zero-order valence-electron chi connectivity index (χ0n) is 19.6. The summed E-state index contributed by atoms with van der Waals surface area (Å²) in [5.74, 6) is -2.13. The second kappa shape index (κ2) is 19.0. The second-order valence-electron chi connectivity index (χ2n) is 7.17. The molecule has 196 valence electrons. The average Bonchev–Trinajstić information content (AvgIpc) is 2.86. The number of aromatic hydroxyl groups is 1. The molecular formula is C23H32AsN5O7. The van der Waals surface area contributed by atoms with Crippen molar-refractivity contribution in [2.75, 3.05) is 13.1 Å². The predicted molar refractivity (Wildman–Crippen MR) is 133 cm³/mol. The fourth-order valence-electron chi connectivity index (χ4n) is 2.33. The zero-order chi connectivity index (χ0) is 27.5. The van der Waals surface area contributed by atoms with E-state index in [1.54, 1.807) is 41.5 Å². The van der Waals surface area contributed by atoms with Crippen molar-refractivity contribution in [3.8, 4) is 5.75 Å². The SMILES string of the molecule is NC(=O)[C@H](N)Cc1ccc(O)cc1.NCC(=O)OC(=O)[C@@H](N)Cc1ccccc1.NCCC(=O)O[As]. The molecule has 2 aromatic rings. The second-order valence-corrected chi connectivity index (χ2v) is 7.56. The number of amides is 1. The molecule has 0 heterocycles. The molecule has 2 aromatic carbocycles. The fourth-order valence-corrected chi connectivity index (χ4v) is 2.52. The molecule has 11 N–H and O–H groups in total. The van der Waals surface area contributed by atoms with E-state index in [9.17, 15) is 19.2 Å². The summed E-state index contributed by atoms with van der Waals surface area (Å²) in [5.41, 5.74) is 27.8. The van der Waals surface area contributed by atoms with Crippen LogP contribution in [0.25, 0.3) is 0 Å². The molecule has 13 heteroatoms. The quantitative estimate of drug-likeness (QED) is 0.114. The third kappa shape index (κ3) is 15.6. The van der Waals surface area contributed by atoms with Crippen molar-refractivity contribution in [3.05, 3.63) is 65.7 Å². The van der Waals surface area contributed by atoms with Crippen LogP contribution in [0.3, 0.4) is 0 Å². The first-order chi connectivity index (χ1) is 17.0. The molecule has 36 heavy (non-hydrogen) atoms. The molecule has 0 unspecified atom stereocenters. The number of ether oxygens (including phenoxy) is 1. The van der Waals surface area contributed by atoms with Gasteiger partial charge in [0.1, 0.15) is 11.8 Å². The van der Waals surface area contributed by atoms with E-state index in [4.69, 9.17) is 33.8 Å². The Morgan fingerprint density at radius 2 is 1.36 bits per heavy atom. The first kappa shape index (κ1) is 32.7. The van der Waals surface area contributed by atoms with Crippen molar-refractivity contribution in [2.24, 2.45) is 28.7 Å². The molecule has 0 aliphatic carbocycles. The van der Waals surface area contributed by atoms with E-state index in [2.05, 4.69) is 8.46 Å². The van der Waals surface area contributed by atoms with Crippen LogP contribution in [0.2, 0.25) is 0 Å². The molecule has 0 bridgehead atoms.